The molecule has 0 aliphatic carbocycles. The SMILES string of the molecule is CCNC(=NCCc1csc(CC)n1)NCCc1csc(C)n1. The van der Waals surface area contributed by atoms with Crippen LogP contribution in [0.5, 0.6) is 0 Å². The molecule has 2 rings (SSSR count). The molecule has 2 heterocycles. The van der Waals surface area contributed by atoms with E-state index in [0.29, 0.717) is 0 Å². The van der Waals surface area contributed by atoms with E-state index in [1.54, 1.807) is 22.7 Å². The average molecular weight is 352 g/mol. The summed E-state index contributed by atoms with van der Waals surface area (Å²) in [4.78, 5) is 13.7. The number of nitrogens with zero attached hydrogens (tertiary/aromatic N) is 3. The van der Waals surface area contributed by atoms with Crippen molar-refractivity contribution in [1.82, 2.24) is 20.6 Å². The van der Waals surface area contributed by atoms with E-state index >= 15 is 0 Å². The minimum absolute atomic E-state index is 0.748. The molecule has 0 unspecified atom stereocenters. The standard InChI is InChI=1S/C16H25N5S2/c1-4-15-21-14(11-23-15)7-9-19-16(17-5-2)18-8-6-13-10-22-12(3)20-13/h10-11H,4-9H2,1-3H3,(H2,17,18,19). The third-order valence-electron chi connectivity index (χ3n) is 3.22. The van der Waals surface area contributed by atoms with Crippen molar-refractivity contribution in [3.8, 4) is 0 Å². The number of guanidine groups is 1. The smallest absolute Gasteiger partial charge is 0.191 e. The van der Waals surface area contributed by atoms with Crippen molar-refractivity contribution in [1.29, 1.82) is 0 Å². The molecule has 0 fully saturated rings. The number of rotatable bonds is 8. The van der Waals surface area contributed by atoms with Crippen molar-refractivity contribution in [2.45, 2.75) is 40.0 Å². The summed E-state index contributed by atoms with van der Waals surface area (Å²) in [6.45, 7) is 8.70. The molecular formula is C16H25N5S2. The molecular weight excluding hydrogens is 326 g/mol. The molecule has 0 saturated carbocycles. The maximum Gasteiger partial charge on any atom is 0.191 e. The van der Waals surface area contributed by atoms with E-state index in [4.69, 9.17) is 0 Å². The van der Waals surface area contributed by atoms with Gasteiger partial charge in [0.1, 0.15) is 0 Å². The predicted molar refractivity (Wildman–Crippen MR) is 99.7 cm³/mol. The third kappa shape index (κ3) is 6.27. The van der Waals surface area contributed by atoms with E-state index < -0.39 is 0 Å². The van der Waals surface area contributed by atoms with Gasteiger partial charge < -0.3 is 10.6 Å². The van der Waals surface area contributed by atoms with Gasteiger partial charge in [-0.05, 0) is 20.3 Å². The Morgan fingerprint density at radius 2 is 1.87 bits per heavy atom. The van der Waals surface area contributed by atoms with E-state index in [9.17, 15) is 0 Å². The molecule has 0 aliphatic heterocycles. The largest absolute Gasteiger partial charge is 0.357 e. The Bertz CT molecular complexity index is 618. The second-order valence-corrected chi connectivity index (χ2v) is 7.14. The van der Waals surface area contributed by atoms with Crippen LogP contribution in [0.25, 0.3) is 0 Å². The summed E-state index contributed by atoms with van der Waals surface area (Å²) in [7, 11) is 0. The van der Waals surface area contributed by atoms with Crippen LogP contribution in [0, 0.1) is 6.92 Å². The molecule has 0 amide bonds. The summed E-state index contributed by atoms with van der Waals surface area (Å²) in [5.74, 6) is 0.866. The molecule has 0 aliphatic rings. The van der Waals surface area contributed by atoms with Crippen molar-refractivity contribution in [2.75, 3.05) is 19.6 Å². The van der Waals surface area contributed by atoms with E-state index in [1.165, 1.54) is 5.01 Å². The highest BCUT2D eigenvalue weighted by atomic mass is 32.1. The van der Waals surface area contributed by atoms with Gasteiger partial charge in [0.05, 0.1) is 21.4 Å². The fourth-order valence-corrected chi connectivity index (χ4v) is 3.51. The molecule has 0 aromatic carbocycles. The number of hydrogen-bond donors (Lipinski definition) is 2. The van der Waals surface area contributed by atoms with Gasteiger partial charge >= 0.3 is 0 Å². The molecule has 2 aromatic heterocycles. The predicted octanol–water partition coefficient (Wildman–Crippen LogP) is 2.81. The van der Waals surface area contributed by atoms with Gasteiger partial charge in [0.2, 0.25) is 0 Å². The molecule has 2 aromatic rings. The summed E-state index contributed by atoms with van der Waals surface area (Å²) < 4.78 is 0. The Labute approximate surface area is 146 Å². The van der Waals surface area contributed by atoms with Gasteiger partial charge in [0.15, 0.2) is 5.96 Å². The number of aryl methyl sites for hydroxylation is 2. The molecule has 0 bridgehead atoms. The zero-order valence-electron chi connectivity index (χ0n) is 14.1. The Balaban J connectivity index is 1.77. The van der Waals surface area contributed by atoms with Crippen LogP contribution in [0.2, 0.25) is 0 Å². The minimum atomic E-state index is 0.748. The molecule has 2 N–H and O–H groups in total. The van der Waals surface area contributed by atoms with Gasteiger partial charge in [-0.25, -0.2) is 9.97 Å². The van der Waals surface area contributed by atoms with E-state index in [0.717, 1.165) is 61.3 Å². The first kappa shape index (κ1) is 17.9. The summed E-state index contributed by atoms with van der Waals surface area (Å²) in [6.07, 6.45) is 2.81. The highest BCUT2D eigenvalue weighted by molar-refractivity contribution is 7.09. The van der Waals surface area contributed by atoms with Gasteiger partial charge in [-0.1, -0.05) is 6.92 Å². The fourth-order valence-electron chi connectivity index (χ4n) is 2.08. The van der Waals surface area contributed by atoms with Crippen LogP contribution in [0.15, 0.2) is 15.8 Å². The summed E-state index contributed by atoms with van der Waals surface area (Å²) >= 11 is 3.43. The lowest BCUT2D eigenvalue weighted by molar-refractivity contribution is 0.786. The molecule has 7 heteroatoms. The lowest BCUT2D eigenvalue weighted by Crippen LogP contribution is -2.38. The summed E-state index contributed by atoms with van der Waals surface area (Å²) in [6, 6.07) is 0. The third-order valence-corrected chi connectivity index (χ3v) is 5.09. The normalized spacial score (nSPS) is 11.7. The van der Waals surface area contributed by atoms with Crippen LogP contribution in [0.4, 0.5) is 0 Å². The van der Waals surface area contributed by atoms with E-state index in [1.807, 2.05) is 6.92 Å². The van der Waals surface area contributed by atoms with Crippen LogP contribution in [0.1, 0.15) is 35.3 Å². The molecule has 23 heavy (non-hydrogen) atoms. The van der Waals surface area contributed by atoms with Crippen LogP contribution in [-0.4, -0.2) is 35.6 Å². The lowest BCUT2D eigenvalue weighted by Gasteiger charge is -2.10. The van der Waals surface area contributed by atoms with Gasteiger partial charge in [-0.15, -0.1) is 22.7 Å². The Morgan fingerprint density at radius 3 is 2.52 bits per heavy atom. The Kier molecular flexibility index (Phi) is 7.48. The maximum atomic E-state index is 4.62. The average Bonchev–Trinajstić information content (AvgIpc) is 3.16. The van der Waals surface area contributed by atoms with Crippen LogP contribution in [-0.2, 0) is 19.3 Å². The monoisotopic (exact) mass is 351 g/mol. The van der Waals surface area contributed by atoms with Gasteiger partial charge in [-0.3, -0.25) is 4.99 Å². The summed E-state index contributed by atoms with van der Waals surface area (Å²) in [5.41, 5.74) is 2.29. The number of aliphatic imine (C=N–C) groups is 1. The molecule has 5 nitrogen and oxygen atoms in total. The zero-order valence-corrected chi connectivity index (χ0v) is 15.7. The van der Waals surface area contributed by atoms with Crippen LogP contribution >= 0.6 is 22.7 Å². The molecule has 0 spiro atoms. The van der Waals surface area contributed by atoms with Crippen molar-refractivity contribution >= 4 is 28.6 Å². The van der Waals surface area contributed by atoms with E-state index in [2.05, 4.69) is 50.2 Å². The minimum Gasteiger partial charge on any atom is -0.357 e. The summed E-state index contributed by atoms with van der Waals surface area (Å²) in [5, 5.41) is 13.2. The highest BCUT2D eigenvalue weighted by Crippen LogP contribution is 2.10. The van der Waals surface area contributed by atoms with E-state index in [-0.39, 0.29) is 0 Å². The van der Waals surface area contributed by atoms with Crippen LogP contribution in [0.3, 0.4) is 0 Å². The quantitative estimate of drug-likeness (QED) is 0.567. The molecule has 0 saturated heterocycles. The lowest BCUT2D eigenvalue weighted by atomic mass is 10.3. The Hall–Kier alpha value is -1.47. The molecule has 0 radical (unpaired) electrons. The molecule has 0 atom stereocenters. The Morgan fingerprint density at radius 1 is 1.09 bits per heavy atom. The fraction of sp³-hybridized carbons (Fsp3) is 0.562. The van der Waals surface area contributed by atoms with Crippen molar-refractivity contribution in [3.05, 3.63) is 32.2 Å². The zero-order chi connectivity index (χ0) is 16.5. The van der Waals surface area contributed by atoms with Crippen molar-refractivity contribution < 1.29 is 0 Å². The van der Waals surface area contributed by atoms with Gasteiger partial charge in [0.25, 0.3) is 0 Å². The van der Waals surface area contributed by atoms with Gasteiger partial charge in [-0.2, -0.15) is 0 Å². The first-order valence-electron chi connectivity index (χ1n) is 8.07. The number of aromatic nitrogens is 2. The number of thiazole rings is 2. The molecule has 126 valence electrons. The number of hydrogen-bond acceptors (Lipinski definition) is 5. The highest BCUT2D eigenvalue weighted by Gasteiger charge is 2.02. The topological polar surface area (TPSA) is 62.2 Å². The second-order valence-electron chi connectivity index (χ2n) is 5.13. The first-order valence-corrected chi connectivity index (χ1v) is 9.83. The van der Waals surface area contributed by atoms with Crippen molar-refractivity contribution in [2.24, 2.45) is 4.99 Å². The second kappa shape index (κ2) is 9.62. The first-order chi connectivity index (χ1) is 11.2. The van der Waals surface area contributed by atoms with Crippen LogP contribution < -0.4 is 10.6 Å². The maximum absolute atomic E-state index is 4.62. The van der Waals surface area contributed by atoms with Crippen molar-refractivity contribution in [3.63, 3.8) is 0 Å². The van der Waals surface area contributed by atoms with Gasteiger partial charge in [0, 0.05) is 43.2 Å². The number of nitrogens with one attached hydrogen (secondary N) is 2.